The number of fused-ring (bicyclic) bond motifs is 1. The molecule has 1 saturated carbocycles. The number of carbonyl (C=O) groups is 2. The van der Waals surface area contributed by atoms with Gasteiger partial charge in [-0.15, -0.1) is 0 Å². The molecule has 4 rings (SSSR count). The normalized spacial score (nSPS) is 15.7. The van der Waals surface area contributed by atoms with E-state index in [1.807, 2.05) is 0 Å². The number of aryl methyl sites for hydroxylation is 1. The molecule has 3 heterocycles. The average Bonchev–Trinajstić information content (AvgIpc) is 3.44. The van der Waals surface area contributed by atoms with Crippen molar-refractivity contribution >= 4 is 17.6 Å². The molecule has 7 nitrogen and oxygen atoms in total. The molecule has 0 bridgehead atoms. The lowest BCUT2D eigenvalue weighted by Gasteiger charge is -2.17. The summed E-state index contributed by atoms with van der Waals surface area (Å²) in [7, 11) is 0. The maximum absolute atomic E-state index is 12.8. The first-order chi connectivity index (χ1) is 14.7. The van der Waals surface area contributed by atoms with E-state index in [-0.39, 0.29) is 30.7 Å². The highest BCUT2D eigenvalue weighted by Gasteiger charge is 2.32. The van der Waals surface area contributed by atoms with Gasteiger partial charge in [0.2, 0.25) is 5.91 Å². The van der Waals surface area contributed by atoms with Crippen LogP contribution < -0.4 is 10.1 Å². The highest BCUT2D eigenvalue weighted by molar-refractivity contribution is 6.01. The van der Waals surface area contributed by atoms with Crippen LogP contribution in [-0.2, 0) is 17.9 Å². The lowest BCUT2D eigenvalue weighted by molar-refractivity contribution is -0.153. The second-order valence-electron chi connectivity index (χ2n) is 7.89. The van der Waals surface area contributed by atoms with Gasteiger partial charge < -0.3 is 15.0 Å². The third kappa shape index (κ3) is 5.12. The van der Waals surface area contributed by atoms with Crippen LogP contribution in [0.1, 0.15) is 46.4 Å². The molecule has 164 valence electrons. The van der Waals surface area contributed by atoms with E-state index in [0.29, 0.717) is 40.5 Å². The van der Waals surface area contributed by atoms with Crippen LogP contribution in [0.2, 0.25) is 0 Å². The first-order valence-corrected chi connectivity index (χ1v) is 9.91. The van der Waals surface area contributed by atoms with Gasteiger partial charge in [0.15, 0.2) is 6.61 Å². The third-order valence-corrected chi connectivity index (χ3v) is 5.21. The van der Waals surface area contributed by atoms with E-state index in [0.717, 1.165) is 12.8 Å². The zero-order valence-corrected chi connectivity index (χ0v) is 16.8. The second-order valence-corrected chi connectivity index (χ2v) is 7.89. The molecule has 0 saturated heterocycles. The molecule has 1 fully saturated rings. The molecular formula is C21H21F3N4O3. The van der Waals surface area contributed by atoms with E-state index in [4.69, 9.17) is 4.74 Å². The van der Waals surface area contributed by atoms with Crippen molar-refractivity contribution in [2.75, 3.05) is 11.9 Å². The summed E-state index contributed by atoms with van der Waals surface area (Å²) < 4.78 is 41.8. The third-order valence-electron chi connectivity index (χ3n) is 5.21. The SMILES string of the molecule is Cc1cc(CN2Cc3c(ccnc3NC(=O)CC3CC3)C2=O)ncc1OCC(F)(F)F. The number of anilines is 1. The maximum Gasteiger partial charge on any atom is 0.422 e. The molecule has 1 aliphatic carbocycles. The van der Waals surface area contributed by atoms with Crippen molar-refractivity contribution in [3.8, 4) is 5.75 Å². The lowest BCUT2D eigenvalue weighted by atomic mass is 10.1. The van der Waals surface area contributed by atoms with Crippen LogP contribution in [0.4, 0.5) is 19.0 Å². The van der Waals surface area contributed by atoms with Crippen LogP contribution in [0, 0.1) is 12.8 Å². The molecule has 2 aromatic rings. The Labute approximate surface area is 176 Å². The number of halogens is 3. The molecule has 2 aromatic heterocycles. The van der Waals surface area contributed by atoms with E-state index in [2.05, 4.69) is 15.3 Å². The van der Waals surface area contributed by atoms with E-state index < -0.39 is 12.8 Å². The summed E-state index contributed by atoms with van der Waals surface area (Å²) in [5.41, 5.74) is 2.13. The van der Waals surface area contributed by atoms with Crippen LogP contribution in [0.5, 0.6) is 5.75 Å². The van der Waals surface area contributed by atoms with Crippen molar-refractivity contribution in [2.24, 2.45) is 5.92 Å². The first-order valence-electron chi connectivity index (χ1n) is 9.91. The Morgan fingerprint density at radius 1 is 1.32 bits per heavy atom. The summed E-state index contributed by atoms with van der Waals surface area (Å²) in [6.45, 7) is 0.656. The van der Waals surface area contributed by atoms with Crippen molar-refractivity contribution in [1.82, 2.24) is 14.9 Å². The molecule has 0 radical (unpaired) electrons. The molecule has 0 unspecified atom stereocenters. The molecule has 1 N–H and O–H groups in total. The Kier molecular flexibility index (Phi) is 5.55. The smallest absolute Gasteiger partial charge is 0.422 e. The Morgan fingerprint density at radius 3 is 2.77 bits per heavy atom. The lowest BCUT2D eigenvalue weighted by Crippen LogP contribution is -2.24. The van der Waals surface area contributed by atoms with Gasteiger partial charge in [-0.25, -0.2) is 4.98 Å². The second kappa shape index (κ2) is 8.16. The van der Waals surface area contributed by atoms with Crippen molar-refractivity contribution in [3.63, 3.8) is 0 Å². The minimum absolute atomic E-state index is 0.0435. The fourth-order valence-corrected chi connectivity index (χ4v) is 3.48. The van der Waals surface area contributed by atoms with Gasteiger partial charge in [-0.3, -0.25) is 14.6 Å². The fourth-order valence-electron chi connectivity index (χ4n) is 3.48. The average molecular weight is 434 g/mol. The number of hydrogen-bond donors (Lipinski definition) is 1. The predicted molar refractivity (Wildman–Crippen MR) is 104 cm³/mol. The van der Waals surface area contributed by atoms with Crippen molar-refractivity contribution in [3.05, 3.63) is 46.9 Å². The first kappa shape index (κ1) is 21.1. The Hall–Kier alpha value is -3.17. The van der Waals surface area contributed by atoms with Gasteiger partial charge in [-0.2, -0.15) is 13.2 Å². The number of rotatable bonds is 7. The molecule has 0 spiro atoms. The van der Waals surface area contributed by atoms with Gasteiger partial charge in [0.25, 0.3) is 5.91 Å². The summed E-state index contributed by atoms with van der Waals surface area (Å²) in [6.07, 6.45) is 0.865. The summed E-state index contributed by atoms with van der Waals surface area (Å²) in [4.78, 5) is 34.9. The van der Waals surface area contributed by atoms with Gasteiger partial charge in [-0.1, -0.05) is 0 Å². The number of aromatic nitrogens is 2. The zero-order valence-electron chi connectivity index (χ0n) is 16.8. The fraction of sp³-hybridized carbons (Fsp3) is 0.429. The number of alkyl halides is 3. The maximum atomic E-state index is 12.8. The van der Waals surface area contributed by atoms with Crippen LogP contribution >= 0.6 is 0 Å². The predicted octanol–water partition coefficient (Wildman–Crippen LogP) is 3.62. The van der Waals surface area contributed by atoms with E-state index in [1.54, 1.807) is 24.0 Å². The van der Waals surface area contributed by atoms with E-state index in [9.17, 15) is 22.8 Å². The number of ether oxygens (including phenoxy) is 1. The zero-order chi connectivity index (χ0) is 22.2. The van der Waals surface area contributed by atoms with Crippen molar-refractivity contribution in [2.45, 2.75) is 45.5 Å². The van der Waals surface area contributed by atoms with Crippen LogP contribution in [-0.4, -0.2) is 39.5 Å². The monoisotopic (exact) mass is 434 g/mol. The summed E-state index contributed by atoms with van der Waals surface area (Å²) in [5.74, 6) is 0.543. The number of carbonyl (C=O) groups excluding carboxylic acids is 2. The minimum atomic E-state index is -4.43. The molecule has 10 heteroatoms. The molecule has 0 aromatic carbocycles. The van der Waals surface area contributed by atoms with Gasteiger partial charge in [0, 0.05) is 23.7 Å². The molecule has 31 heavy (non-hydrogen) atoms. The number of nitrogens with one attached hydrogen (secondary N) is 1. The number of nitrogens with zero attached hydrogens (tertiary/aromatic N) is 3. The standard InChI is InChI=1S/C21H21F3N4O3/c1-12-6-14(26-8-17(12)31-11-21(22,23)24)9-28-10-16-15(20(28)30)4-5-25-19(16)27-18(29)7-13-2-3-13/h4-6,8,13H,2-3,7,9-11H2,1H3,(H,25,27,29). The minimum Gasteiger partial charge on any atom is -0.482 e. The van der Waals surface area contributed by atoms with Crippen LogP contribution in [0.25, 0.3) is 0 Å². The van der Waals surface area contributed by atoms with Crippen molar-refractivity contribution < 1.29 is 27.5 Å². The Bertz CT molecular complexity index is 1020. The van der Waals surface area contributed by atoms with E-state index in [1.165, 1.54) is 12.4 Å². The largest absolute Gasteiger partial charge is 0.482 e. The van der Waals surface area contributed by atoms with Crippen LogP contribution in [0.15, 0.2) is 24.5 Å². The summed E-state index contributed by atoms with van der Waals surface area (Å²) >= 11 is 0. The van der Waals surface area contributed by atoms with Gasteiger partial charge in [0.1, 0.15) is 11.6 Å². The molecular weight excluding hydrogens is 413 g/mol. The molecule has 2 aliphatic rings. The Balaban J connectivity index is 1.43. The highest BCUT2D eigenvalue weighted by Crippen LogP contribution is 2.33. The highest BCUT2D eigenvalue weighted by atomic mass is 19.4. The topological polar surface area (TPSA) is 84.4 Å². The molecule has 1 aliphatic heterocycles. The van der Waals surface area contributed by atoms with Crippen LogP contribution in [0.3, 0.4) is 0 Å². The number of pyridine rings is 2. The summed E-state index contributed by atoms with van der Waals surface area (Å²) in [6, 6.07) is 3.21. The number of amides is 2. The van der Waals surface area contributed by atoms with Gasteiger partial charge in [0.05, 0.1) is 25.0 Å². The molecule has 2 amide bonds. The van der Waals surface area contributed by atoms with E-state index >= 15 is 0 Å². The quantitative estimate of drug-likeness (QED) is 0.720. The molecule has 0 atom stereocenters. The van der Waals surface area contributed by atoms with Gasteiger partial charge in [-0.05, 0) is 43.4 Å². The van der Waals surface area contributed by atoms with Crippen molar-refractivity contribution in [1.29, 1.82) is 0 Å². The number of hydrogen-bond acceptors (Lipinski definition) is 5. The summed E-state index contributed by atoms with van der Waals surface area (Å²) in [5, 5.41) is 2.81. The van der Waals surface area contributed by atoms with Gasteiger partial charge >= 0.3 is 6.18 Å². The Morgan fingerprint density at radius 2 is 2.10 bits per heavy atom.